The number of ether oxygens (including phenoxy) is 1. The Kier molecular flexibility index (Phi) is 3.99. The number of amides is 1. The summed E-state index contributed by atoms with van der Waals surface area (Å²) < 4.78 is 5.46. The molecule has 2 aromatic heterocycles. The first-order valence-electron chi connectivity index (χ1n) is 9.85. The number of carbonyl (C=O) groups is 1. The van der Waals surface area contributed by atoms with Gasteiger partial charge >= 0.3 is 0 Å². The zero-order chi connectivity index (χ0) is 20.2. The average molecular weight is 392 g/mol. The molecule has 0 unspecified atom stereocenters. The number of fused-ring (bicyclic) bond motifs is 2. The molecule has 8 heteroatoms. The van der Waals surface area contributed by atoms with Crippen molar-refractivity contribution in [1.29, 1.82) is 0 Å². The Morgan fingerprint density at radius 1 is 1.17 bits per heavy atom. The molecule has 8 nitrogen and oxygen atoms in total. The predicted molar refractivity (Wildman–Crippen MR) is 113 cm³/mol. The van der Waals surface area contributed by atoms with Crippen LogP contribution >= 0.6 is 0 Å². The lowest BCUT2D eigenvalue weighted by Gasteiger charge is -2.27. The van der Waals surface area contributed by atoms with Crippen LogP contribution in [0.1, 0.15) is 25.1 Å². The largest absolute Gasteiger partial charge is 0.378 e. The van der Waals surface area contributed by atoms with Crippen molar-refractivity contribution in [2.45, 2.75) is 26.2 Å². The molecule has 0 atom stereocenters. The van der Waals surface area contributed by atoms with Crippen molar-refractivity contribution in [3.63, 3.8) is 0 Å². The predicted octanol–water partition coefficient (Wildman–Crippen LogP) is 3.08. The smallest absolute Gasteiger partial charge is 0.234 e. The second-order valence-corrected chi connectivity index (χ2v) is 8.15. The fourth-order valence-electron chi connectivity index (χ4n) is 3.91. The Bertz CT molecular complexity index is 1110. The van der Waals surface area contributed by atoms with Crippen LogP contribution in [-0.2, 0) is 14.9 Å². The molecule has 1 amide bonds. The van der Waals surface area contributed by atoms with E-state index in [-0.39, 0.29) is 5.91 Å². The third-order valence-electron chi connectivity index (χ3n) is 5.68. The third kappa shape index (κ3) is 3.00. The van der Waals surface area contributed by atoms with Crippen LogP contribution in [0.25, 0.3) is 11.0 Å². The van der Waals surface area contributed by atoms with Crippen molar-refractivity contribution in [1.82, 2.24) is 15.0 Å². The summed E-state index contributed by atoms with van der Waals surface area (Å²) in [5.74, 6) is 1.45. The van der Waals surface area contributed by atoms with E-state index in [4.69, 9.17) is 14.7 Å². The summed E-state index contributed by atoms with van der Waals surface area (Å²) >= 11 is 0. The SMILES string of the molecule is Cc1cc2c(Nc3ccc4c(c3)C(C)(C)C(=O)N4)nc(N3CCOCC3)nc2[nH]1. The molecule has 3 N–H and O–H groups in total. The van der Waals surface area contributed by atoms with Crippen LogP contribution in [0.5, 0.6) is 0 Å². The number of carbonyl (C=O) groups excluding carboxylic acids is 1. The molecule has 2 aliphatic heterocycles. The molecule has 5 rings (SSSR count). The Morgan fingerprint density at radius 2 is 1.97 bits per heavy atom. The normalized spacial score (nSPS) is 18.0. The molecule has 4 heterocycles. The van der Waals surface area contributed by atoms with Gasteiger partial charge in [0, 0.05) is 30.2 Å². The topological polar surface area (TPSA) is 95.2 Å². The number of aryl methyl sites for hydroxylation is 1. The Balaban J connectivity index is 1.55. The van der Waals surface area contributed by atoms with Gasteiger partial charge in [0.05, 0.1) is 24.0 Å². The summed E-state index contributed by atoms with van der Waals surface area (Å²) in [7, 11) is 0. The van der Waals surface area contributed by atoms with Crippen molar-refractivity contribution in [3.8, 4) is 0 Å². The van der Waals surface area contributed by atoms with Crippen LogP contribution in [0.15, 0.2) is 24.3 Å². The number of anilines is 4. The van der Waals surface area contributed by atoms with Gasteiger partial charge in [-0.05, 0) is 50.6 Å². The number of hydrogen-bond acceptors (Lipinski definition) is 6. The molecule has 2 aliphatic rings. The van der Waals surface area contributed by atoms with E-state index >= 15 is 0 Å². The molecule has 1 fully saturated rings. The van der Waals surface area contributed by atoms with Gasteiger partial charge in [0.15, 0.2) is 0 Å². The summed E-state index contributed by atoms with van der Waals surface area (Å²) in [6, 6.07) is 7.97. The Morgan fingerprint density at radius 3 is 2.76 bits per heavy atom. The molecule has 3 aromatic rings. The van der Waals surface area contributed by atoms with Crippen LogP contribution in [0.4, 0.5) is 23.1 Å². The zero-order valence-corrected chi connectivity index (χ0v) is 16.8. The molecule has 1 saturated heterocycles. The van der Waals surface area contributed by atoms with Gasteiger partial charge in [-0.3, -0.25) is 4.79 Å². The van der Waals surface area contributed by atoms with Crippen LogP contribution < -0.4 is 15.5 Å². The number of H-pyrrole nitrogens is 1. The van der Waals surface area contributed by atoms with E-state index in [9.17, 15) is 4.79 Å². The average Bonchev–Trinajstić information content (AvgIpc) is 3.19. The number of benzene rings is 1. The lowest BCUT2D eigenvalue weighted by Crippen LogP contribution is -2.37. The first-order valence-corrected chi connectivity index (χ1v) is 9.85. The first-order chi connectivity index (χ1) is 13.9. The number of morpholine rings is 1. The maximum absolute atomic E-state index is 12.2. The summed E-state index contributed by atoms with van der Waals surface area (Å²) in [5, 5.41) is 7.34. The van der Waals surface area contributed by atoms with Crippen molar-refractivity contribution in [3.05, 3.63) is 35.5 Å². The van der Waals surface area contributed by atoms with Gasteiger partial charge in [-0.15, -0.1) is 0 Å². The second-order valence-electron chi connectivity index (χ2n) is 8.15. The van der Waals surface area contributed by atoms with Crippen LogP contribution in [0.3, 0.4) is 0 Å². The van der Waals surface area contributed by atoms with E-state index in [2.05, 4.69) is 20.5 Å². The Hall–Kier alpha value is -3.13. The standard InChI is InChI=1S/C21H24N6O2/c1-12-10-14-17(22-12)25-20(27-6-8-29-9-7-27)26-18(14)23-13-4-5-16-15(11-13)21(2,3)19(28)24-16/h4-5,10-11H,6-9H2,1-3H3,(H,24,28)(H2,22,23,25,26). The van der Waals surface area contributed by atoms with E-state index in [0.29, 0.717) is 19.2 Å². The fourth-order valence-corrected chi connectivity index (χ4v) is 3.91. The lowest BCUT2D eigenvalue weighted by atomic mass is 9.86. The maximum atomic E-state index is 12.2. The third-order valence-corrected chi connectivity index (χ3v) is 5.68. The number of rotatable bonds is 3. The fraction of sp³-hybridized carbons (Fsp3) is 0.381. The molecular weight excluding hydrogens is 368 g/mol. The van der Waals surface area contributed by atoms with Gasteiger partial charge in [-0.1, -0.05) is 0 Å². The van der Waals surface area contributed by atoms with Gasteiger partial charge in [-0.25, -0.2) is 0 Å². The summed E-state index contributed by atoms with van der Waals surface area (Å²) in [4.78, 5) is 27.3. The molecule has 0 bridgehead atoms. The van der Waals surface area contributed by atoms with Crippen LogP contribution in [0, 0.1) is 6.92 Å². The van der Waals surface area contributed by atoms with Crippen LogP contribution in [-0.4, -0.2) is 47.2 Å². The highest BCUT2D eigenvalue weighted by atomic mass is 16.5. The van der Waals surface area contributed by atoms with E-state index < -0.39 is 5.41 Å². The summed E-state index contributed by atoms with van der Waals surface area (Å²) in [6.07, 6.45) is 0. The van der Waals surface area contributed by atoms with E-state index in [1.165, 1.54) is 0 Å². The number of aromatic nitrogens is 3. The van der Waals surface area contributed by atoms with Crippen molar-refractivity contribution in [2.75, 3.05) is 41.8 Å². The lowest BCUT2D eigenvalue weighted by molar-refractivity contribution is -0.119. The molecule has 0 saturated carbocycles. The second kappa shape index (κ2) is 6.45. The minimum atomic E-state index is -0.558. The van der Waals surface area contributed by atoms with Gasteiger partial charge in [0.2, 0.25) is 11.9 Å². The number of nitrogens with one attached hydrogen (secondary N) is 3. The number of nitrogens with zero attached hydrogens (tertiary/aromatic N) is 3. The van der Waals surface area contributed by atoms with Gasteiger partial charge in [0.1, 0.15) is 11.5 Å². The quantitative estimate of drug-likeness (QED) is 0.634. The molecule has 150 valence electrons. The highest BCUT2D eigenvalue weighted by Gasteiger charge is 2.38. The molecule has 0 spiro atoms. The van der Waals surface area contributed by atoms with Gasteiger partial charge in [-0.2, -0.15) is 9.97 Å². The van der Waals surface area contributed by atoms with Gasteiger partial charge in [0.25, 0.3) is 0 Å². The van der Waals surface area contributed by atoms with E-state index in [1.54, 1.807) is 0 Å². The highest BCUT2D eigenvalue weighted by molar-refractivity contribution is 6.06. The highest BCUT2D eigenvalue weighted by Crippen LogP contribution is 2.39. The summed E-state index contributed by atoms with van der Waals surface area (Å²) in [6.45, 7) is 8.77. The number of aromatic amines is 1. The monoisotopic (exact) mass is 392 g/mol. The molecule has 0 aliphatic carbocycles. The number of hydrogen-bond donors (Lipinski definition) is 3. The molecular formula is C21H24N6O2. The van der Waals surface area contributed by atoms with Gasteiger partial charge < -0.3 is 25.3 Å². The molecule has 0 radical (unpaired) electrons. The van der Waals surface area contributed by atoms with Crippen molar-refractivity contribution in [2.24, 2.45) is 0 Å². The minimum Gasteiger partial charge on any atom is -0.378 e. The zero-order valence-electron chi connectivity index (χ0n) is 16.8. The van der Waals surface area contributed by atoms with Crippen molar-refractivity contribution >= 4 is 40.1 Å². The van der Waals surface area contributed by atoms with E-state index in [0.717, 1.165) is 52.6 Å². The molecule has 1 aromatic carbocycles. The van der Waals surface area contributed by atoms with E-state index in [1.807, 2.05) is 45.0 Å². The first kappa shape index (κ1) is 17.9. The Labute approximate surface area is 168 Å². The molecule has 29 heavy (non-hydrogen) atoms. The van der Waals surface area contributed by atoms with Crippen molar-refractivity contribution < 1.29 is 9.53 Å². The van der Waals surface area contributed by atoms with Crippen LogP contribution in [0.2, 0.25) is 0 Å². The summed E-state index contributed by atoms with van der Waals surface area (Å²) in [5.41, 5.74) is 4.01. The minimum absolute atomic E-state index is 0.0185. The maximum Gasteiger partial charge on any atom is 0.234 e.